The highest BCUT2D eigenvalue weighted by molar-refractivity contribution is 6.30. The summed E-state index contributed by atoms with van der Waals surface area (Å²) in [5.41, 5.74) is 1.59. The van der Waals surface area contributed by atoms with E-state index in [1.807, 2.05) is 0 Å². The molecule has 24 heavy (non-hydrogen) atoms. The van der Waals surface area contributed by atoms with Gasteiger partial charge >= 0.3 is 0 Å². The largest absolute Gasteiger partial charge is 0.383 e. The van der Waals surface area contributed by atoms with Crippen LogP contribution in [-0.2, 0) is 0 Å². The third kappa shape index (κ3) is 3.03. The lowest BCUT2D eigenvalue weighted by atomic mass is 10.2. The van der Waals surface area contributed by atoms with Crippen LogP contribution in [0, 0.1) is 5.92 Å². The molecule has 0 saturated heterocycles. The zero-order valence-corrected chi connectivity index (χ0v) is 13.5. The first-order valence-corrected chi connectivity index (χ1v) is 8.09. The normalized spacial score (nSPS) is 13.9. The molecule has 0 spiro atoms. The molecule has 2 heterocycles. The second kappa shape index (κ2) is 6.09. The lowest BCUT2D eigenvalue weighted by Crippen LogP contribution is -2.23. The third-order valence-electron chi connectivity index (χ3n) is 3.91. The summed E-state index contributed by atoms with van der Waals surface area (Å²) in [6.07, 6.45) is 3.93. The Morgan fingerprint density at radius 2 is 2.08 bits per heavy atom. The molecule has 4 rings (SSSR count). The van der Waals surface area contributed by atoms with Crippen molar-refractivity contribution >= 4 is 17.3 Å². The monoisotopic (exact) mass is 342 g/mol. The second-order valence-corrected chi connectivity index (χ2v) is 6.22. The summed E-state index contributed by atoms with van der Waals surface area (Å²) >= 11 is 5.91. The van der Waals surface area contributed by atoms with Gasteiger partial charge in [-0.1, -0.05) is 11.6 Å². The number of rotatable bonds is 5. The van der Waals surface area contributed by atoms with Gasteiger partial charge in [0.15, 0.2) is 5.69 Å². The summed E-state index contributed by atoms with van der Waals surface area (Å²) < 4.78 is 1.32. The molecule has 1 saturated carbocycles. The van der Waals surface area contributed by atoms with Crippen LogP contribution in [0.2, 0.25) is 5.02 Å². The zero-order chi connectivity index (χ0) is 16.5. The van der Waals surface area contributed by atoms with Crippen molar-refractivity contribution in [2.45, 2.75) is 12.8 Å². The van der Waals surface area contributed by atoms with Crippen molar-refractivity contribution < 1.29 is 0 Å². The van der Waals surface area contributed by atoms with Gasteiger partial charge in [0.1, 0.15) is 6.33 Å². The summed E-state index contributed by atoms with van der Waals surface area (Å²) in [6.45, 7) is 0.823. The van der Waals surface area contributed by atoms with Gasteiger partial charge in [0.05, 0.1) is 11.4 Å². The number of benzene rings is 1. The summed E-state index contributed by atoms with van der Waals surface area (Å²) in [5.74, 6) is 1.11. The van der Waals surface area contributed by atoms with E-state index in [-0.39, 0.29) is 5.56 Å². The quantitative estimate of drug-likeness (QED) is 0.743. The highest BCUT2D eigenvalue weighted by Gasteiger charge is 2.22. The molecule has 2 aromatic heterocycles. The second-order valence-electron chi connectivity index (χ2n) is 5.78. The van der Waals surface area contributed by atoms with E-state index in [0.717, 1.165) is 6.54 Å². The SMILES string of the molecule is O=c1cc(NCC2CC2)c(-c2nc[nH]n2)nn1-c1ccc(Cl)cc1. The van der Waals surface area contributed by atoms with Gasteiger partial charge in [0.25, 0.3) is 5.56 Å². The van der Waals surface area contributed by atoms with Gasteiger partial charge < -0.3 is 5.32 Å². The fraction of sp³-hybridized carbons (Fsp3) is 0.250. The van der Waals surface area contributed by atoms with E-state index in [4.69, 9.17) is 11.6 Å². The van der Waals surface area contributed by atoms with Crippen LogP contribution in [0.5, 0.6) is 0 Å². The van der Waals surface area contributed by atoms with E-state index >= 15 is 0 Å². The van der Waals surface area contributed by atoms with Gasteiger partial charge in [-0.15, -0.1) is 0 Å². The molecule has 0 aliphatic heterocycles. The first-order chi connectivity index (χ1) is 11.7. The van der Waals surface area contributed by atoms with Crippen molar-refractivity contribution in [3.63, 3.8) is 0 Å². The van der Waals surface area contributed by atoms with Crippen LogP contribution in [0.1, 0.15) is 12.8 Å². The summed E-state index contributed by atoms with van der Waals surface area (Å²) in [6, 6.07) is 8.47. The van der Waals surface area contributed by atoms with Crippen molar-refractivity contribution in [3.8, 4) is 17.2 Å². The van der Waals surface area contributed by atoms with Crippen molar-refractivity contribution in [1.29, 1.82) is 0 Å². The van der Waals surface area contributed by atoms with Crippen LogP contribution >= 0.6 is 11.6 Å². The molecule has 0 unspecified atom stereocenters. The highest BCUT2D eigenvalue weighted by Crippen LogP contribution is 2.30. The van der Waals surface area contributed by atoms with Crippen LogP contribution in [0.25, 0.3) is 17.2 Å². The molecule has 1 fully saturated rings. The fourth-order valence-corrected chi connectivity index (χ4v) is 2.55. The topological polar surface area (TPSA) is 88.5 Å². The molecule has 8 heteroatoms. The lowest BCUT2D eigenvalue weighted by Gasteiger charge is -2.12. The number of aromatic nitrogens is 5. The summed E-state index contributed by atoms with van der Waals surface area (Å²) in [4.78, 5) is 16.6. The lowest BCUT2D eigenvalue weighted by molar-refractivity contribution is 0.804. The number of nitrogens with zero attached hydrogens (tertiary/aromatic N) is 4. The molecule has 122 valence electrons. The molecule has 1 aliphatic carbocycles. The molecule has 1 aliphatic rings. The number of anilines is 1. The van der Waals surface area contributed by atoms with Crippen LogP contribution in [-0.4, -0.2) is 31.5 Å². The number of hydrogen-bond donors (Lipinski definition) is 2. The Bertz CT molecular complexity index is 899. The molecule has 0 radical (unpaired) electrons. The number of H-pyrrole nitrogens is 1. The minimum Gasteiger partial charge on any atom is -0.383 e. The fourth-order valence-electron chi connectivity index (χ4n) is 2.42. The smallest absolute Gasteiger partial charge is 0.273 e. The first kappa shape index (κ1) is 14.9. The Hall–Kier alpha value is -2.67. The molecule has 3 aromatic rings. The van der Waals surface area contributed by atoms with Crippen LogP contribution < -0.4 is 10.9 Å². The number of halogens is 1. The molecular weight excluding hydrogens is 328 g/mol. The van der Waals surface area contributed by atoms with Crippen LogP contribution in [0.15, 0.2) is 41.5 Å². The molecule has 7 nitrogen and oxygen atoms in total. The molecule has 0 bridgehead atoms. The van der Waals surface area contributed by atoms with Crippen LogP contribution in [0.4, 0.5) is 5.69 Å². The predicted octanol–water partition coefficient (Wildman–Crippen LogP) is 2.49. The van der Waals surface area contributed by atoms with E-state index in [1.165, 1.54) is 29.9 Å². The standard InChI is InChI=1S/C16H15ClN6O/c17-11-3-5-12(6-4-11)23-14(24)7-13(18-8-10-1-2-10)15(22-23)16-19-9-20-21-16/h3-7,9-10,18H,1-2,8H2,(H,19,20,21). The number of aromatic amines is 1. The van der Waals surface area contributed by atoms with Crippen molar-refractivity contribution in [1.82, 2.24) is 25.0 Å². The van der Waals surface area contributed by atoms with Gasteiger partial charge in [0.2, 0.25) is 5.82 Å². The molecule has 0 amide bonds. The third-order valence-corrected chi connectivity index (χ3v) is 4.16. The highest BCUT2D eigenvalue weighted by atomic mass is 35.5. The Morgan fingerprint density at radius 1 is 1.29 bits per heavy atom. The van der Waals surface area contributed by atoms with E-state index in [1.54, 1.807) is 24.3 Å². The predicted molar refractivity (Wildman–Crippen MR) is 91.4 cm³/mol. The molecular formula is C16H15ClN6O. The van der Waals surface area contributed by atoms with Gasteiger partial charge in [-0.2, -0.15) is 14.9 Å². The maximum absolute atomic E-state index is 12.5. The summed E-state index contributed by atoms with van der Waals surface area (Å²) in [7, 11) is 0. The van der Waals surface area contributed by atoms with Crippen molar-refractivity contribution in [2.75, 3.05) is 11.9 Å². The molecule has 0 atom stereocenters. The maximum atomic E-state index is 12.5. The first-order valence-electron chi connectivity index (χ1n) is 7.71. The molecule has 1 aromatic carbocycles. The van der Waals surface area contributed by atoms with Gasteiger partial charge in [-0.3, -0.25) is 9.89 Å². The van der Waals surface area contributed by atoms with Crippen molar-refractivity contribution in [2.24, 2.45) is 5.92 Å². The van der Waals surface area contributed by atoms with E-state index < -0.39 is 0 Å². The number of nitrogens with one attached hydrogen (secondary N) is 2. The zero-order valence-electron chi connectivity index (χ0n) is 12.7. The van der Waals surface area contributed by atoms with Crippen molar-refractivity contribution in [3.05, 3.63) is 52.0 Å². The number of hydrogen-bond acceptors (Lipinski definition) is 5. The Morgan fingerprint density at radius 3 is 2.75 bits per heavy atom. The maximum Gasteiger partial charge on any atom is 0.273 e. The van der Waals surface area contributed by atoms with E-state index in [0.29, 0.717) is 33.8 Å². The average Bonchev–Trinajstić information content (AvgIpc) is 3.26. The van der Waals surface area contributed by atoms with Gasteiger partial charge in [0, 0.05) is 17.6 Å². The Labute approximate surface area is 142 Å². The summed E-state index contributed by atoms with van der Waals surface area (Å²) in [5, 5.41) is 15.1. The average molecular weight is 343 g/mol. The molecule has 2 N–H and O–H groups in total. The minimum absolute atomic E-state index is 0.227. The van der Waals surface area contributed by atoms with Gasteiger partial charge in [-0.25, -0.2) is 4.98 Å². The van der Waals surface area contributed by atoms with Gasteiger partial charge in [-0.05, 0) is 43.0 Å². The van der Waals surface area contributed by atoms with Crippen LogP contribution in [0.3, 0.4) is 0 Å². The minimum atomic E-state index is -0.227. The Balaban J connectivity index is 1.79. The van der Waals surface area contributed by atoms with E-state index in [2.05, 4.69) is 25.6 Å². The van der Waals surface area contributed by atoms with E-state index in [9.17, 15) is 4.79 Å². The Kier molecular flexibility index (Phi) is 3.78.